The average molecular weight is 322 g/mol. The molecule has 0 aliphatic heterocycles. The molecule has 7 heteroatoms. The molecule has 0 fully saturated rings. The van der Waals surface area contributed by atoms with Crippen LogP contribution in [0.15, 0.2) is 18.2 Å². The third-order valence-electron chi connectivity index (χ3n) is 3.08. The molecular formula is C16H22N2O5. The van der Waals surface area contributed by atoms with Crippen molar-refractivity contribution in [3.8, 4) is 0 Å². The van der Waals surface area contributed by atoms with Gasteiger partial charge in [-0.05, 0) is 51.0 Å². The predicted octanol–water partition coefficient (Wildman–Crippen LogP) is 1.92. The molecule has 0 radical (unpaired) electrons. The van der Waals surface area contributed by atoms with Gasteiger partial charge in [-0.3, -0.25) is 0 Å². The molecule has 7 nitrogen and oxygen atoms in total. The number of amides is 2. The largest absolute Gasteiger partial charge is 0.464 e. The SMILES string of the molecule is CCOC(=O)C(NC(=O)Nc1ccc(C)c(C)c1)C(=O)OCC. The Labute approximate surface area is 135 Å². The Balaban J connectivity index is 2.77. The summed E-state index contributed by atoms with van der Waals surface area (Å²) in [7, 11) is 0. The van der Waals surface area contributed by atoms with Gasteiger partial charge in [0.25, 0.3) is 0 Å². The van der Waals surface area contributed by atoms with Gasteiger partial charge in [-0.2, -0.15) is 0 Å². The van der Waals surface area contributed by atoms with Crippen LogP contribution in [0.5, 0.6) is 0 Å². The van der Waals surface area contributed by atoms with Gasteiger partial charge in [0.1, 0.15) is 0 Å². The summed E-state index contributed by atoms with van der Waals surface area (Å²) in [5.74, 6) is -1.72. The molecule has 0 aliphatic rings. The lowest BCUT2D eigenvalue weighted by Crippen LogP contribution is -2.49. The van der Waals surface area contributed by atoms with Crippen molar-refractivity contribution in [1.29, 1.82) is 0 Å². The molecule has 0 heterocycles. The van der Waals surface area contributed by atoms with Crippen LogP contribution >= 0.6 is 0 Å². The second-order valence-electron chi connectivity index (χ2n) is 4.83. The van der Waals surface area contributed by atoms with Crippen molar-refractivity contribution in [3.05, 3.63) is 29.3 Å². The zero-order valence-electron chi connectivity index (χ0n) is 13.8. The van der Waals surface area contributed by atoms with E-state index in [1.165, 1.54) is 0 Å². The third kappa shape index (κ3) is 5.61. The molecule has 126 valence electrons. The topological polar surface area (TPSA) is 93.7 Å². The number of carbonyl (C=O) groups is 3. The normalized spacial score (nSPS) is 10.1. The van der Waals surface area contributed by atoms with Gasteiger partial charge in [0.15, 0.2) is 0 Å². The van der Waals surface area contributed by atoms with Crippen molar-refractivity contribution in [3.63, 3.8) is 0 Å². The van der Waals surface area contributed by atoms with E-state index in [9.17, 15) is 14.4 Å². The van der Waals surface area contributed by atoms with E-state index in [-0.39, 0.29) is 13.2 Å². The number of rotatable bonds is 6. The zero-order chi connectivity index (χ0) is 17.4. The molecule has 2 amide bonds. The Morgan fingerprint density at radius 2 is 1.57 bits per heavy atom. The van der Waals surface area contributed by atoms with Crippen LogP contribution in [0, 0.1) is 13.8 Å². The summed E-state index contributed by atoms with van der Waals surface area (Å²) in [5, 5.41) is 4.84. The first-order valence-corrected chi connectivity index (χ1v) is 7.37. The molecule has 0 atom stereocenters. The highest BCUT2D eigenvalue weighted by Gasteiger charge is 2.31. The number of benzene rings is 1. The van der Waals surface area contributed by atoms with Gasteiger partial charge in [0.05, 0.1) is 13.2 Å². The number of carbonyl (C=O) groups excluding carboxylic acids is 3. The smallest absolute Gasteiger partial charge is 0.340 e. The molecule has 1 aromatic carbocycles. The zero-order valence-corrected chi connectivity index (χ0v) is 13.8. The quantitative estimate of drug-likeness (QED) is 0.616. The molecule has 23 heavy (non-hydrogen) atoms. The maximum Gasteiger partial charge on any atom is 0.340 e. The first-order chi connectivity index (χ1) is 10.9. The molecular weight excluding hydrogens is 300 g/mol. The lowest BCUT2D eigenvalue weighted by atomic mass is 10.1. The minimum absolute atomic E-state index is 0.0925. The second kappa shape index (κ2) is 8.77. The van der Waals surface area contributed by atoms with Crippen molar-refractivity contribution in [2.24, 2.45) is 0 Å². The Hall–Kier alpha value is -2.57. The van der Waals surface area contributed by atoms with Crippen LogP contribution in [0.2, 0.25) is 0 Å². The molecule has 0 bridgehead atoms. The number of hydrogen-bond acceptors (Lipinski definition) is 5. The monoisotopic (exact) mass is 322 g/mol. The van der Waals surface area contributed by atoms with E-state index < -0.39 is 24.0 Å². The third-order valence-corrected chi connectivity index (χ3v) is 3.08. The van der Waals surface area contributed by atoms with Gasteiger partial charge in [0, 0.05) is 5.69 Å². The Kier molecular flexibility index (Phi) is 7.05. The van der Waals surface area contributed by atoms with Gasteiger partial charge in [-0.25, -0.2) is 14.4 Å². The number of aryl methyl sites for hydroxylation is 2. The van der Waals surface area contributed by atoms with Gasteiger partial charge >= 0.3 is 18.0 Å². The fourth-order valence-electron chi connectivity index (χ4n) is 1.78. The summed E-state index contributed by atoms with van der Waals surface area (Å²) in [6.45, 7) is 7.27. The van der Waals surface area contributed by atoms with Crippen molar-refractivity contribution in [1.82, 2.24) is 5.32 Å². The molecule has 0 spiro atoms. The lowest BCUT2D eigenvalue weighted by Gasteiger charge is -2.16. The highest BCUT2D eigenvalue weighted by molar-refractivity contribution is 6.04. The molecule has 0 unspecified atom stereocenters. The Bertz CT molecular complexity index is 568. The van der Waals surface area contributed by atoms with E-state index in [1.807, 2.05) is 19.9 Å². The first-order valence-electron chi connectivity index (χ1n) is 7.37. The summed E-state index contributed by atoms with van der Waals surface area (Å²) in [5.41, 5.74) is 2.65. The second-order valence-corrected chi connectivity index (χ2v) is 4.83. The molecule has 2 N–H and O–H groups in total. The molecule has 0 saturated carbocycles. The van der Waals surface area contributed by atoms with Crippen LogP contribution in [-0.4, -0.2) is 37.2 Å². The summed E-state index contributed by atoms with van der Waals surface area (Å²) < 4.78 is 9.55. The molecule has 0 saturated heterocycles. The van der Waals surface area contributed by atoms with E-state index in [2.05, 4.69) is 10.6 Å². The highest BCUT2D eigenvalue weighted by Crippen LogP contribution is 2.14. The van der Waals surface area contributed by atoms with Crippen molar-refractivity contribution in [2.75, 3.05) is 18.5 Å². The number of urea groups is 1. The fraction of sp³-hybridized carbons (Fsp3) is 0.438. The van der Waals surface area contributed by atoms with Crippen LogP contribution in [0.25, 0.3) is 0 Å². The number of anilines is 1. The molecule has 1 aromatic rings. The molecule has 0 aliphatic carbocycles. The minimum atomic E-state index is -1.50. The molecule has 1 rings (SSSR count). The predicted molar refractivity (Wildman–Crippen MR) is 85.1 cm³/mol. The van der Waals surface area contributed by atoms with Crippen molar-refractivity contribution in [2.45, 2.75) is 33.7 Å². The maximum atomic E-state index is 12.0. The summed E-state index contributed by atoms with van der Waals surface area (Å²) >= 11 is 0. The van der Waals surface area contributed by atoms with Crippen LogP contribution in [-0.2, 0) is 19.1 Å². The lowest BCUT2D eigenvalue weighted by molar-refractivity contribution is -0.157. The van der Waals surface area contributed by atoms with Gasteiger partial charge in [-0.1, -0.05) is 6.07 Å². The van der Waals surface area contributed by atoms with E-state index in [0.717, 1.165) is 11.1 Å². The average Bonchev–Trinajstić information content (AvgIpc) is 2.49. The first kappa shape index (κ1) is 18.5. The Morgan fingerprint density at radius 3 is 2.04 bits per heavy atom. The maximum absolute atomic E-state index is 12.0. The van der Waals surface area contributed by atoms with Crippen molar-refractivity contribution < 1.29 is 23.9 Å². The van der Waals surface area contributed by atoms with Crippen LogP contribution in [0.4, 0.5) is 10.5 Å². The van der Waals surface area contributed by atoms with Gasteiger partial charge in [0.2, 0.25) is 6.04 Å². The van der Waals surface area contributed by atoms with Crippen LogP contribution in [0.3, 0.4) is 0 Å². The van der Waals surface area contributed by atoms with E-state index in [0.29, 0.717) is 5.69 Å². The van der Waals surface area contributed by atoms with E-state index in [4.69, 9.17) is 9.47 Å². The minimum Gasteiger partial charge on any atom is -0.464 e. The van der Waals surface area contributed by atoms with E-state index in [1.54, 1.807) is 26.0 Å². The molecule has 0 aromatic heterocycles. The van der Waals surface area contributed by atoms with Gasteiger partial charge in [-0.15, -0.1) is 0 Å². The number of nitrogens with one attached hydrogen (secondary N) is 2. The number of hydrogen-bond donors (Lipinski definition) is 2. The standard InChI is InChI=1S/C16H22N2O5/c1-5-22-14(19)13(15(20)23-6-2)18-16(21)17-12-8-7-10(3)11(4)9-12/h7-9,13H,5-6H2,1-4H3,(H2,17,18,21). The van der Waals surface area contributed by atoms with Crippen LogP contribution < -0.4 is 10.6 Å². The Morgan fingerprint density at radius 1 is 1.00 bits per heavy atom. The number of esters is 2. The van der Waals surface area contributed by atoms with Gasteiger partial charge < -0.3 is 20.1 Å². The fourth-order valence-corrected chi connectivity index (χ4v) is 1.78. The summed E-state index contributed by atoms with van der Waals surface area (Å²) in [4.78, 5) is 35.6. The van der Waals surface area contributed by atoms with Crippen molar-refractivity contribution >= 4 is 23.7 Å². The highest BCUT2D eigenvalue weighted by atomic mass is 16.6. The number of ether oxygens (including phenoxy) is 2. The summed E-state index contributed by atoms with van der Waals surface area (Å²) in [6.07, 6.45) is 0. The van der Waals surface area contributed by atoms with E-state index >= 15 is 0 Å². The van der Waals surface area contributed by atoms with Crippen LogP contribution in [0.1, 0.15) is 25.0 Å². The summed E-state index contributed by atoms with van der Waals surface area (Å²) in [6, 6.07) is 3.18.